The zero-order chi connectivity index (χ0) is 18.5. The quantitative estimate of drug-likeness (QED) is 0.701. The summed E-state index contributed by atoms with van der Waals surface area (Å²) in [6.45, 7) is 1.34. The number of nitrogens with zero attached hydrogens (tertiary/aromatic N) is 2. The van der Waals surface area contributed by atoms with Crippen LogP contribution in [0.25, 0.3) is 22.3 Å². The Labute approximate surface area is 144 Å². The third kappa shape index (κ3) is 2.88. The molecule has 136 valence electrons. The summed E-state index contributed by atoms with van der Waals surface area (Å²) >= 11 is 0. The first-order chi connectivity index (χ1) is 12.3. The first-order valence-electron chi connectivity index (χ1n) is 8.02. The van der Waals surface area contributed by atoms with E-state index in [1.165, 1.54) is 16.8 Å². The molecule has 0 radical (unpaired) electrons. The lowest BCUT2D eigenvalue weighted by Gasteiger charge is -2.27. The molecular formula is C17H14F4N4O. The van der Waals surface area contributed by atoms with Crippen molar-refractivity contribution in [3.63, 3.8) is 0 Å². The Bertz CT molecular complexity index is 1030. The van der Waals surface area contributed by atoms with Crippen molar-refractivity contribution in [1.82, 2.24) is 19.9 Å². The van der Waals surface area contributed by atoms with Gasteiger partial charge in [0.05, 0.1) is 11.1 Å². The summed E-state index contributed by atoms with van der Waals surface area (Å²) in [4.78, 5) is 18.9. The van der Waals surface area contributed by atoms with E-state index in [1.54, 1.807) is 6.07 Å². The van der Waals surface area contributed by atoms with Crippen molar-refractivity contribution in [2.45, 2.75) is 25.2 Å². The molecule has 2 N–H and O–H groups in total. The molecule has 1 aliphatic rings. The van der Waals surface area contributed by atoms with Crippen LogP contribution in [0.15, 0.2) is 35.3 Å². The number of alkyl halides is 3. The fourth-order valence-corrected chi connectivity index (χ4v) is 3.02. The summed E-state index contributed by atoms with van der Waals surface area (Å²) in [5.74, 6) is -1.33. The maximum Gasteiger partial charge on any atom is 0.419 e. The minimum absolute atomic E-state index is 0.176. The van der Waals surface area contributed by atoms with Crippen molar-refractivity contribution < 1.29 is 17.6 Å². The van der Waals surface area contributed by atoms with Crippen LogP contribution in [0.4, 0.5) is 17.6 Å². The average Bonchev–Trinajstić information content (AvgIpc) is 2.85. The molecule has 0 aliphatic carbocycles. The van der Waals surface area contributed by atoms with Gasteiger partial charge in [-0.15, -0.1) is 0 Å². The second-order valence-corrected chi connectivity index (χ2v) is 6.26. The zero-order valence-corrected chi connectivity index (χ0v) is 13.4. The number of imidazole rings is 1. The number of hydrogen-bond acceptors (Lipinski definition) is 3. The van der Waals surface area contributed by atoms with E-state index >= 15 is 0 Å². The van der Waals surface area contributed by atoms with Gasteiger partial charge in [0, 0.05) is 24.3 Å². The molecule has 5 nitrogen and oxygen atoms in total. The van der Waals surface area contributed by atoms with Gasteiger partial charge in [-0.3, -0.25) is 9.55 Å². The predicted octanol–water partition coefficient (Wildman–Crippen LogP) is 2.91. The number of fused-ring (bicyclic) bond motifs is 1. The van der Waals surface area contributed by atoms with Crippen molar-refractivity contribution in [3.8, 4) is 11.1 Å². The monoisotopic (exact) mass is 366 g/mol. The highest BCUT2D eigenvalue weighted by molar-refractivity contribution is 5.78. The number of benzene rings is 1. The van der Waals surface area contributed by atoms with Crippen molar-refractivity contribution in [2.24, 2.45) is 0 Å². The van der Waals surface area contributed by atoms with Gasteiger partial charge in [-0.25, -0.2) is 14.2 Å². The predicted molar refractivity (Wildman–Crippen MR) is 87.2 cm³/mol. The Hall–Kier alpha value is -2.68. The number of halogens is 4. The van der Waals surface area contributed by atoms with Gasteiger partial charge in [0.15, 0.2) is 5.65 Å². The fraction of sp³-hybridized carbons (Fsp3) is 0.294. The van der Waals surface area contributed by atoms with E-state index < -0.39 is 17.6 Å². The Morgan fingerprint density at radius 1 is 1.23 bits per heavy atom. The Balaban J connectivity index is 1.80. The lowest BCUT2D eigenvalue weighted by Crippen LogP contribution is -2.46. The molecular weight excluding hydrogens is 352 g/mol. The molecule has 26 heavy (non-hydrogen) atoms. The summed E-state index contributed by atoms with van der Waals surface area (Å²) < 4.78 is 53.8. The summed E-state index contributed by atoms with van der Waals surface area (Å²) in [6.07, 6.45) is -2.49. The largest absolute Gasteiger partial charge is 0.419 e. The van der Waals surface area contributed by atoms with Crippen molar-refractivity contribution in [2.75, 3.05) is 6.54 Å². The van der Waals surface area contributed by atoms with Crippen LogP contribution >= 0.6 is 0 Å². The van der Waals surface area contributed by atoms with E-state index in [4.69, 9.17) is 0 Å². The highest BCUT2D eigenvalue weighted by Gasteiger charge is 2.34. The topological polar surface area (TPSA) is 62.7 Å². The van der Waals surface area contributed by atoms with Gasteiger partial charge in [0.25, 0.3) is 0 Å². The maximum absolute atomic E-state index is 13.5. The molecule has 1 atom stereocenters. The van der Waals surface area contributed by atoms with Crippen LogP contribution in [0, 0.1) is 5.82 Å². The second kappa shape index (κ2) is 5.94. The molecule has 0 spiro atoms. The highest BCUT2D eigenvalue weighted by atomic mass is 19.4. The van der Waals surface area contributed by atoms with Crippen molar-refractivity contribution in [3.05, 3.63) is 52.3 Å². The van der Waals surface area contributed by atoms with E-state index in [0.717, 1.165) is 25.1 Å². The van der Waals surface area contributed by atoms with E-state index in [0.29, 0.717) is 23.3 Å². The first-order valence-corrected chi connectivity index (χ1v) is 8.02. The molecule has 1 fully saturated rings. The Morgan fingerprint density at radius 3 is 2.65 bits per heavy atom. The molecule has 3 heterocycles. The molecule has 2 aromatic heterocycles. The average molecular weight is 366 g/mol. The smallest absolute Gasteiger partial charge is 0.312 e. The molecule has 1 saturated heterocycles. The van der Waals surface area contributed by atoms with Gasteiger partial charge in [0.2, 0.25) is 0 Å². The normalized spacial score (nSPS) is 17.5. The van der Waals surface area contributed by atoms with Crippen molar-refractivity contribution in [1.29, 1.82) is 0 Å². The van der Waals surface area contributed by atoms with Gasteiger partial charge in [0.1, 0.15) is 5.82 Å². The van der Waals surface area contributed by atoms with Crippen LogP contribution in [-0.2, 0) is 12.7 Å². The standard InChI is InChI=1S/C17H14F4N4O/c18-13-2-1-9(5-12(13)17(19,20)21)10-6-14-15(23-7-10)24-16(26)25(14)8-11-3-4-22-11/h1-2,5-7,11,22H,3-4,8H2,(H,23,24,26)/t11-/m1/s1. The number of pyridine rings is 1. The van der Waals surface area contributed by atoms with Crippen LogP contribution in [0.5, 0.6) is 0 Å². The SMILES string of the molecule is O=c1[nH]c2ncc(-c3ccc(F)c(C(F)(F)F)c3)cc2n1C[C@H]1CCN1. The maximum atomic E-state index is 13.5. The number of aromatic nitrogens is 3. The molecule has 1 aromatic carbocycles. The summed E-state index contributed by atoms with van der Waals surface area (Å²) in [5.41, 5.74) is -0.253. The summed E-state index contributed by atoms with van der Waals surface area (Å²) in [5, 5.41) is 3.19. The molecule has 0 unspecified atom stereocenters. The lowest BCUT2D eigenvalue weighted by atomic mass is 10.0. The third-order valence-electron chi connectivity index (χ3n) is 4.56. The van der Waals surface area contributed by atoms with Crippen LogP contribution in [-0.4, -0.2) is 27.1 Å². The molecule has 4 rings (SSSR count). The summed E-state index contributed by atoms with van der Waals surface area (Å²) in [6, 6.07) is 4.56. The number of aromatic amines is 1. The number of nitrogens with one attached hydrogen (secondary N) is 2. The van der Waals surface area contributed by atoms with Crippen molar-refractivity contribution >= 4 is 11.2 Å². The van der Waals surface area contributed by atoms with Crippen LogP contribution in [0.1, 0.15) is 12.0 Å². The van der Waals surface area contributed by atoms with Gasteiger partial charge in [-0.05, 0) is 36.7 Å². The van der Waals surface area contributed by atoms with E-state index in [-0.39, 0.29) is 17.3 Å². The highest BCUT2D eigenvalue weighted by Crippen LogP contribution is 2.34. The molecule has 0 saturated carbocycles. The van der Waals surface area contributed by atoms with Gasteiger partial charge < -0.3 is 5.32 Å². The molecule has 3 aromatic rings. The fourth-order valence-electron chi connectivity index (χ4n) is 3.02. The van der Waals surface area contributed by atoms with E-state index in [1.807, 2.05) is 0 Å². The Kier molecular flexibility index (Phi) is 3.83. The summed E-state index contributed by atoms with van der Waals surface area (Å²) in [7, 11) is 0. The van der Waals surface area contributed by atoms with E-state index in [9.17, 15) is 22.4 Å². The Morgan fingerprint density at radius 2 is 2.00 bits per heavy atom. The molecule has 0 amide bonds. The number of rotatable bonds is 3. The minimum atomic E-state index is -4.79. The lowest BCUT2D eigenvalue weighted by molar-refractivity contribution is -0.139. The first kappa shape index (κ1) is 16.8. The van der Waals surface area contributed by atoms with Crippen LogP contribution in [0.2, 0.25) is 0 Å². The number of hydrogen-bond donors (Lipinski definition) is 2. The molecule has 1 aliphatic heterocycles. The van der Waals surface area contributed by atoms with Gasteiger partial charge >= 0.3 is 11.9 Å². The van der Waals surface area contributed by atoms with Gasteiger partial charge in [-0.1, -0.05) is 6.07 Å². The third-order valence-corrected chi connectivity index (χ3v) is 4.56. The second-order valence-electron chi connectivity index (χ2n) is 6.26. The minimum Gasteiger partial charge on any atom is -0.312 e. The van der Waals surface area contributed by atoms with Crippen LogP contribution in [0.3, 0.4) is 0 Å². The molecule has 9 heteroatoms. The number of H-pyrrole nitrogens is 1. The molecule has 0 bridgehead atoms. The zero-order valence-electron chi connectivity index (χ0n) is 13.4. The van der Waals surface area contributed by atoms with E-state index in [2.05, 4.69) is 15.3 Å². The van der Waals surface area contributed by atoms with Gasteiger partial charge in [-0.2, -0.15) is 13.2 Å². The van der Waals surface area contributed by atoms with Crippen LogP contribution < -0.4 is 11.0 Å².